The molecule has 10 aromatic rings. The third-order valence-corrected chi connectivity index (χ3v) is 14.9. The second-order valence-electron chi connectivity index (χ2n) is 22.9. The van der Waals surface area contributed by atoms with E-state index in [2.05, 4.69) is 283 Å². The third-order valence-electron chi connectivity index (χ3n) is 14.9. The Morgan fingerprint density at radius 2 is 0.781 bits per heavy atom. The molecule has 6 nitrogen and oxygen atoms in total. The van der Waals surface area contributed by atoms with Crippen LogP contribution < -0.4 is 31.1 Å². The van der Waals surface area contributed by atoms with Gasteiger partial charge < -0.3 is 14.7 Å². The number of nitrogens with zero attached hydrogens (tertiary/aromatic N) is 6. The fourth-order valence-electron chi connectivity index (χ4n) is 10.9. The molecule has 0 bridgehead atoms. The van der Waals surface area contributed by atoms with Crippen LogP contribution in [0.5, 0.6) is 0 Å². The van der Waals surface area contributed by atoms with Crippen LogP contribution in [-0.4, -0.2) is 21.7 Å². The first-order valence-electron chi connectivity index (χ1n) is 25.7. The molecular formula is C66H61BN6. The Hall–Kier alpha value is -8.16. The zero-order valence-corrected chi connectivity index (χ0v) is 43.4. The Morgan fingerprint density at radius 1 is 0.356 bits per heavy atom. The van der Waals surface area contributed by atoms with Gasteiger partial charge in [0.05, 0.1) is 5.69 Å². The maximum atomic E-state index is 5.20. The van der Waals surface area contributed by atoms with E-state index >= 15 is 0 Å². The summed E-state index contributed by atoms with van der Waals surface area (Å²) in [5.74, 6) is 0. The lowest BCUT2D eigenvalue weighted by molar-refractivity contribution is 0.589. The average Bonchev–Trinajstić information content (AvgIpc) is 3.81. The SMILES string of the molecule is CC(C)(C)c1ccc(-c2ccc(N(c3ccc(C(C)(C)C)cc3)c3ccc4c(c3)N(c3ccccc3)c3cccc5c3B4c3cc4nn(-c6ccc(C(C)(C)C)cc6)nc4cc3N5c3ccccc3)cc2)cc1. The van der Waals surface area contributed by atoms with Gasteiger partial charge in [0, 0.05) is 51.2 Å². The van der Waals surface area contributed by atoms with Gasteiger partial charge in [-0.25, -0.2) is 0 Å². The quantitative estimate of drug-likeness (QED) is 0.149. The Bertz CT molecular complexity index is 3660. The number of hydrogen-bond acceptors (Lipinski definition) is 5. The second-order valence-corrected chi connectivity index (χ2v) is 22.9. The van der Waals surface area contributed by atoms with Gasteiger partial charge in [0.1, 0.15) is 11.0 Å². The summed E-state index contributed by atoms with van der Waals surface area (Å²) in [5.41, 5.74) is 22.7. The molecular weight excluding hydrogens is 888 g/mol. The van der Waals surface area contributed by atoms with Crippen molar-refractivity contribution in [1.82, 2.24) is 15.0 Å². The highest BCUT2D eigenvalue weighted by atomic mass is 15.5. The van der Waals surface area contributed by atoms with Crippen LogP contribution in [0.1, 0.15) is 79.0 Å². The van der Waals surface area contributed by atoms with Gasteiger partial charge >= 0.3 is 0 Å². The molecule has 0 amide bonds. The minimum absolute atomic E-state index is 0.0195. The Balaban J connectivity index is 1.05. The van der Waals surface area contributed by atoms with Crippen molar-refractivity contribution >= 4 is 85.3 Å². The van der Waals surface area contributed by atoms with Gasteiger partial charge in [-0.1, -0.05) is 172 Å². The van der Waals surface area contributed by atoms with Gasteiger partial charge in [-0.2, -0.15) is 4.80 Å². The van der Waals surface area contributed by atoms with E-state index in [1.165, 1.54) is 44.2 Å². The first kappa shape index (κ1) is 45.9. The molecule has 7 heteroatoms. The van der Waals surface area contributed by atoms with Crippen molar-refractivity contribution in [2.45, 2.75) is 78.6 Å². The van der Waals surface area contributed by atoms with Crippen molar-refractivity contribution in [1.29, 1.82) is 0 Å². The number of rotatable bonds is 7. The molecule has 0 radical (unpaired) electrons. The molecule has 9 aromatic carbocycles. The van der Waals surface area contributed by atoms with E-state index in [1.807, 2.05) is 0 Å². The molecule has 2 aliphatic heterocycles. The molecule has 0 spiro atoms. The summed E-state index contributed by atoms with van der Waals surface area (Å²) in [5, 5.41) is 10.4. The zero-order chi connectivity index (χ0) is 50.4. The lowest BCUT2D eigenvalue weighted by Crippen LogP contribution is -2.61. The number of fused-ring (bicyclic) bond motifs is 5. The zero-order valence-electron chi connectivity index (χ0n) is 43.4. The average molecular weight is 949 g/mol. The first-order chi connectivity index (χ1) is 35.1. The minimum atomic E-state index is -0.103. The van der Waals surface area contributed by atoms with E-state index in [4.69, 9.17) is 10.2 Å². The molecule has 1 aromatic heterocycles. The van der Waals surface area contributed by atoms with Crippen LogP contribution in [0.2, 0.25) is 0 Å². The highest BCUT2D eigenvalue weighted by Gasteiger charge is 2.44. The number of hydrogen-bond donors (Lipinski definition) is 0. The summed E-state index contributed by atoms with van der Waals surface area (Å²) in [6, 6.07) is 76.0. The molecule has 0 aliphatic carbocycles. The number of anilines is 9. The van der Waals surface area contributed by atoms with Crippen LogP contribution in [0.25, 0.3) is 27.8 Å². The van der Waals surface area contributed by atoms with Gasteiger partial charge in [-0.15, -0.1) is 10.2 Å². The maximum absolute atomic E-state index is 5.20. The van der Waals surface area contributed by atoms with Crippen molar-refractivity contribution < 1.29 is 0 Å². The molecule has 0 atom stereocenters. The van der Waals surface area contributed by atoms with Crippen molar-refractivity contribution in [2.24, 2.45) is 0 Å². The molecule has 0 unspecified atom stereocenters. The lowest BCUT2D eigenvalue weighted by atomic mass is 9.33. The summed E-state index contributed by atoms with van der Waals surface area (Å²) in [4.78, 5) is 9.11. The lowest BCUT2D eigenvalue weighted by Gasteiger charge is -2.44. The van der Waals surface area contributed by atoms with E-state index in [0.29, 0.717) is 0 Å². The highest BCUT2D eigenvalue weighted by Crippen LogP contribution is 2.46. The van der Waals surface area contributed by atoms with Gasteiger partial charge in [0.2, 0.25) is 0 Å². The molecule has 3 heterocycles. The van der Waals surface area contributed by atoms with Crippen LogP contribution in [0.3, 0.4) is 0 Å². The van der Waals surface area contributed by atoms with E-state index in [-0.39, 0.29) is 23.0 Å². The number of para-hydroxylation sites is 2. The van der Waals surface area contributed by atoms with Crippen molar-refractivity contribution in [2.75, 3.05) is 14.7 Å². The molecule has 0 N–H and O–H groups in total. The summed E-state index contributed by atoms with van der Waals surface area (Å²) in [6.07, 6.45) is 0. The van der Waals surface area contributed by atoms with Crippen molar-refractivity contribution in [3.63, 3.8) is 0 Å². The molecule has 2 aliphatic rings. The van der Waals surface area contributed by atoms with E-state index in [9.17, 15) is 0 Å². The summed E-state index contributed by atoms with van der Waals surface area (Å²) >= 11 is 0. The van der Waals surface area contributed by atoms with Crippen LogP contribution >= 0.6 is 0 Å². The topological polar surface area (TPSA) is 40.4 Å². The first-order valence-corrected chi connectivity index (χ1v) is 25.7. The van der Waals surface area contributed by atoms with Gasteiger partial charge in [0.15, 0.2) is 0 Å². The van der Waals surface area contributed by atoms with Gasteiger partial charge in [0.25, 0.3) is 6.71 Å². The fourth-order valence-corrected chi connectivity index (χ4v) is 10.9. The van der Waals surface area contributed by atoms with Crippen LogP contribution in [0, 0.1) is 0 Å². The second kappa shape index (κ2) is 17.3. The van der Waals surface area contributed by atoms with Crippen LogP contribution in [-0.2, 0) is 16.2 Å². The molecule has 0 saturated heterocycles. The van der Waals surface area contributed by atoms with Crippen LogP contribution in [0.4, 0.5) is 51.2 Å². The fraction of sp³-hybridized carbons (Fsp3) is 0.182. The Kier molecular flexibility index (Phi) is 10.9. The normalized spacial score (nSPS) is 13.2. The maximum Gasteiger partial charge on any atom is 0.252 e. The van der Waals surface area contributed by atoms with Gasteiger partial charge in [-0.3, -0.25) is 0 Å². The predicted molar refractivity (Wildman–Crippen MR) is 309 cm³/mol. The Labute approximate surface area is 431 Å². The van der Waals surface area contributed by atoms with E-state index < -0.39 is 0 Å². The summed E-state index contributed by atoms with van der Waals surface area (Å²) in [6.45, 7) is 20.3. The minimum Gasteiger partial charge on any atom is -0.311 e. The molecule has 0 fully saturated rings. The molecule has 73 heavy (non-hydrogen) atoms. The summed E-state index contributed by atoms with van der Waals surface area (Å²) < 4.78 is 0. The van der Waals surface area contributed by atoms with Crippen LogP contribution in [0.15, 0.2) is 206 Å². The van der Waals surface area contributed by atoms with E-state index in [0.717, 1.165) is 67.9 Å². The van der Waals surface area contributed by atoms with Crippen molar-refractivity contribution in [3.8, 4) is 16.8 Å². The van der Waals surface area contributed by atoms with Gasteiger partial charge in [-0.05, 0) is 158 Å². The monoisotopic (exact) mass is 949 g/mol. The smallest absolute Gasteiger partial charge is 0.252 e. The number of benzene rings is 9. The standard InChI is InChI=1S/C66H61BN6/c1-64(2,3)46-27-23-44(24-28-46)45-25-33-51(34-26-45)70(52-35-29-47(30-36-52)65(4,5)6)54-39-40-55-61(41-54)71(49-17-12-10-13-18-49)59-21-16-22-60-63(59)67(55)56-42-57-58(43-62(56)72(60)50-19-14-11-15-20-50)69-73(68-57)53-37-31-48(32-38-53)66(7,8)9/h10-43H,1-9H3. The Morgan fingerprint density at radius 3 is 1.29 bits per heavy atom. The third kappa shape index (κ3) is 8.17. The molecule has 12 rings (SSSR count). The largest absolute Gasteiger partial charge is 0.311 e. The molecule has 0 saturated carbocycles. The number of aromatic nitrogens is 3. The van der Waals surface area contributed by atoms with Crippen molar-refractivity contribution in [3.05, 3.63) is 223 Å². The molecule has 358 valence electrons. The summed E-state index contributed by atoms with van der Waals surface area (Å²) in [7, 11) is 0. The highest BCUT2D eigenvalue weighted by molar-refractivity contribution is 7.00. The van der Waals surface area contributed by atoms with E-state index in [1.54, 1.807) is 4.80 Å². The predicted octanol–water partition coefficient (Wildman–Crippen LogP) is 15.5.